The molecule has 1 aromatic rings. The maximum absolute atomic E-state index is 11.9. The minimum absolute atomic E-state index is 0. The predicted octanol–water partition coefficient (Wildman–Crippen LogP) is -1.15. The lowest BCUT2D eigenvalue weighted by Gasteiger charge is -2.07. The quantitative estimate of drug-likeness (QED) is 0.201. The summed E-state index contributed by atoms with van der Waals surface area (Å²) in [5.41, 5.74) is 26.7. The third kappa shape index (κ3) is 7.85. The predicted molar refractivity (Wildman–Crippen MR) is 99.6 cm³/mol. The standard InChI is InChI=1S/C10H17ClN10O.2ClH/c11-5-7(13)20-6(12)4(19-5)8(22)21-10(16)18-3-1-2-17-9(14)15;;/h1-3H2,(H4,12,13,20)(H4,14,15,17)(H3,16,18,21,22);2*1H. The topological polar surface area (TPSA) is 210 Å². The Morgan fingerprint density at radius 2 is 1.62 bits per heavy atom. The van der Waals surface area contributed by atoms with Crippen molar-refractivity contribution in [2.75, 3.05) is 24.6 Å². The van der Waals surface area contributed by atoms with Crippen molar-refractivity contribution in [2.24, 2.45) is 27.2 Å². The molecule has 0 atom stereocenters. The van der Waals surface area contributed by atoms with E-state index in [4.69, 9.17) is 40.3 Å². The van der Waals surface area contributed by atoms with E-state index in [0.29, 0.717) is 19.5 Å². The van der Waals surface area contributed by atoms with Gasteiger partial charge in [-0.1, -0.05) is 11.6 Å². The van der Waals surface area contributed by atoms with Crippen molar-refractivity contribution in [1.29, 1.82) is 0 Å². The van der Waals surface area contributed by atoms with E-state index < -0.39 is 5.91 Å². The van der Waals surface area contributed by atoms with Crippen LogP contribution < -0.4 is 34.0 Å². The number of halogens is 3. The molecular weight excluding hydrogens is 383 g/mol. The van der Waals surface area contributed by atoms with Gasteiger partial charge in [0, 0.05) is 13.1 Å². The summed E-state index contributed by atoms with van der Waals surface area (Å²) in [6, 6.07) is 0. The van der Waals surface area contributed by atoms with Gasteiger partial charge in [-0.05, 0) is 6.42 Å². The fourth-order valence-electron chi connectivity index (χ4n) is 1.30. The molecule has 0 aliphatic carbocycles. The third-order valence-corrected chi connectivity index (χ3v) is 2.53. The lowest BCUT2D eigenvalue weighted by Crippen LogP contribution is -2.38. The molecule has 136 valence electrons. The Morgan fingerprint density at radius 1 is 1.04 bits per heavy atom. The van der Waals surface area contributed by atoms with Crippen molar-refractivity contribution in [2.45, 2.75) is 6.42 Å². The lowest BCUT2D eigenvalue weighted by molar-refractivity contribution is 0.0972. The van der Waals surface area contributed by atoms with Crippen LogP contribution in [-0.2, 0) is 0 Å². The molecule has 0 bridgehead atoms. The van der Waals surface area contributed by atoms with Gasteiger partial charge < -0.3 is 28.7 Å². The molecule has 0 saturated carbocycles. The number of aliphatic imine (C=N–C) groups is 2. The molecule has 0 spiro atoms. The van der Waals surface area contributed by atoms with E-state index in [2.05, 4.69) is 25.3 Å². The number of anilines is 2. The zero-order valence-corrected chi connectivity index (χ0v) is 14.8. The molecule has 0 aliphatic heterocycles. The second-order valence-corrected chi connectivity index (χ2v) is 4.37. The zero-order chi connectivity index (χ0) is 16.7. The molecule has 1 heterocycles. The Balaban J connectivity index is 0. The minimum atomic E-state index is -0.697. The van der Waals surface area contributed by atoms with E-state index in [1.54, 1.807) is 0 Å². The first-order valence-electron chi connectivity index (χ1n) is 6.06. The number of hydrogen-bond acceptors (Lipinski definition) is 7. The van der Waals surface area contributed by atoms with E-state index in [9.17, 15) is 4.79 Å². The number of nitrogens with one attached hydrogen (secondary N) is 1. The Labute approximate surface area is 155 Å². The highest BCUT2D eigenvalue weighted by molar-refractivity contribution is 6.31. The summed E-state index contributed by atoms with van der Waals surface area (Å²) in [6.45, 7) is 0.728. The smallest absolute Gasteiger partial charge is 0.280 e. The summed E-state index contributed by atoms with van der Waals surface area (Å²) >= 11 is 5.68. The first kappa shape index (κ1) is 24.0. The van der Waals surface area contributed by atoms with Crippen LogP contribution in [0.4, 0.5) is 11.6 Å². The molecule has 0 radical (unpaired) electrons. The van der Waals surface area contributed by atoms with Crippen LogP contribution in [0, 0.1) is 0 Å². The van der Waals surface area contributed by atoms with Crippen LogP contribution in [0.15, 0.2) is 9.98 Å². The van der Waals surface area contributed by atoms with Crippen molar-refractivity contribution in [3.63, 3.8) is 0 Å². The third-order valence-electron chi connectivity index (χ3n) is 2.25. The van der Waals surface area contributed by atoms with Crippen LogP contribution >= 0.6 is 36.4 Å². The Morgan fingerprint density at radius 3 is 2.21 bits per heavy atom. The van der Waals surface area contributed by atoms with Gasteiger partial charge in [-0.3, -0.25) is 20.1 Å². The molecule has 24 heavy (non-hydrogen) atoms. The van der Waals surface area contributed by atoms with Gasteiger partial charge in [0.05, 0.1) is 0 Å². The highest BCUT2D eigenvalue weighted by atomic mass is 35.5. The second-order valence-electron chi connectivity index (χ2n) is 4.01. The fraction of sp³-hybridized carbons (Fsp3) is 0.300. The number of hydrogen-bond donors (Lipinski definition) is 6. The second kappa shape index (κ2) is 11.3. The van der Waals surface area contributed by atoms with Crippen LogP contribution in [0.5, 0.6) is 0 Å². The van der Waals surface area contributed by atoms with E-state index >= 15 is 0 Å². The lowest BCUT2D eigenvalue weighted by atomic mass is 10.4. The van der Waals surface area contributed by atoms with Gasteiger partial charge in [0.2, 0.25) is 0 Å². The molecule has 0 fully saturated rings. The normalized spacial score (nSPS) is 10.1. The molecule has 0 unspecified atom stereocenters. The first-order chi connectivity index (χ1) is 10.3. The number of aromatic nitrogens is 2. The van der Waals surface area contributed by atoms with E-state index in [-0.39, 0.29) is 59.2 Å². The average molecular weight is 402 g/mol. The Hall–Kier alpha value is -2.24. The van der Waals surface area contributed by atoms with Crippen LogP contribution in [0.25, 0.3) is 0 Å². The van der Waals surface area contributed by atoms with Crippen LogP contribution in [0.1, 0.15) is 16.9 Å². The number of nitrogens with two attached hydrogens (primary N) is 5. The molecule has 1 rings (SSSR count). The number of nitrogens with zero attached hydrogens (tertiary/aromatic N) is 4. The van der Waals surface area contributed by atoms with E-state index in [0.717, 1.165) is 0 Å². The van der Waals surface area contributed by atoms with Gasteiger partial charge in [0.25, 0.3) is 5.91 Å². The van der Waals surface area contributed by atoms with Crippen molar-refractivity contribution in [1.82, 2.24) is 15.3 Å². The molecule has 14 heteroatoms. The maximum atomic E-state index is 11.9. The van der Waals surface area contributed by atoms with E-state index in [1.807, 2.05) is 0 Å². The van der Waals surface area contributed by atoms with E-state index in [1.165, 1.54) is 0 Å². The molecule has 11 nitrogen and oxygen atoms in total. The van der Waals surface area contributed by atoms with Crippen LogP contribution in [0.3, 0.4) is 0 Å². The molecule has 0 aliphatic rings. The van der Waals surface area contributed by atoms with Crippen molar-refractivity contribution >= 4 is 65.9 Å². The summed E-state index contributed by atoms with van der Waals surface area (Å²) in [5.74, 6) is -1.04. The molecule has 0 saturated heterocycles. The monoisotopic (exact) mass is 400 g/mol. The highest BCUT2D eigenvalue weighted by Gasteiger charge is 2.16. The highest BCUT2D eigenvalue weighted by Crippen LogP contribution is 2.16. The number of amides is 1. The largest absolute Gasteiger partial charge is 0.382 e. The van der Waals surface area contributed by atoms with Crippen LogP contribution in [0.2, 0.25) is 5.15 Å². The van der Waals surface area contributed by atoms with Gasteiger partial charge in [-0.15, -0.1) is 24.8 Å². The van der Waals surface area contributed by atoms with Crippen molar-refractivity contribution in [3.05, 3.63) is 10.8 Å². The van der Waals surface area contributed by atoms with Gasteiger partial charge in [0.1, 0.15) is 0 Å². The van der Waals surface area contributed by atoms with Gasteiger partial charge in [-0.2, -0.15) is 0 Å². The number of carbonyl (C=O) groups excluding carboxylic acids is 1. The maximum Gasteiger partial charge on any atom is 0.280 e. The molecule has 1 amide bonds. The minimum Gasteiger partial charge on any atom is -0.382 e. The number of nitrogen functional groups attached to an aromatic ring is 2. The molecular formula is C10H19Cl3N10O. The SMILES string of the molecule is Cl.Cl.NC(N)=NCCCN=C(N)NC(=O)c1nc(Cl)c(N)nc1N. The van der Waals surface area contributed by atoms with Gasteiger partial charge >= 0.3 is 0 Å². The average Bonchev–Trinajstić information content (AvgIpc) is 2.41. The van der Waals surface area contributed by atoms with Gasteiger partial charge in [-0.25, -0.2) is 9.97 Å². The van der Waals surface area contributed by atoms with Crippen molar-refractivity contribution in [3.8, 4) is 0 Å². The summed E-state index contributed by atoms with van der Waals surface area (Å²) in [6.07, 6.45) is 0.560. The summed E-state index contributed by atoms with van der Waals surface area (Å²) < 4.78 is 0. The number of carbonyl (C=O) groups is 1. The first-order valence-corrected chi connectivity index (χ1v) is 6.44. The zero-order valence-electron chi connectivity index (χ0n) is 12.4. The van der Waals surface area contributed by atoms with Crippen molar-refractivity contribution < 1.29 is 4.79 Å². The summed E-state index contributed by atoms with van der Waals surface area (Å²) in [4.78, 5) is 27.0. The summed E-state index contributed by atoms with van der Waals surface area (Å²) in [7, 11) is 0. The number of guanidine groups is 2. The Bertz CT molecular complexity index is 617. The van der Waals surface area contributed by atoms with Gasteiger partial charge in [0.15, 0.2) is 34.4 Å². The van der Waals surface area contributed by atoms with Crippen LogP contribution in [-0.4, -0.2) is 40.9 Å². The molecule has 1 aromatic heterocycles. The number of rotatable bonds is 5. The fourth-order valence-corrected chi connectivity index (χ4v) is 1.43. The summed E-state index contributed by atoms with van der Waals surface area (Å²) in [5, 5.41) is 2.17. The Kier molecular flexibility index (Phi) is 11.3. The molecule has 0 aromatic carbocycles. The molecule has 11 N–H and O–H groups in total.